The maximum Gasteiger partial charge on any atom is 0.188 e. The standard InChI is InChI=1S/C43H45N4O.Pt/c1-41(2,3)28-19-20-44-39(23-28)47-35-16-12-11-15-33(35)40-34(43(7,8)9)25-32(26-38(40)47)48-31-22-29(42(4,5)6)21-30(24-31)46-27-45(10)36-17-13-14-18-37(36)46;/h11-23,25,27H,1-10H3;/q-1;/i10D3;. The van der Waals surface area contributed by atoms with Gasteiger partial charge in [0, 0.05) is 73.2 Å². The first-order valence-corrected chi connectivity index (χ1v) is 16.6. The number of hydrogen-bond donors (Lipinski definition) is 0. The van der Waals surface area contributed by atoms with E-state index in [0.717, 1.165) is 44.3 Å². The van der Waals surface area contributed by atoms with Crippen LogP contribution < -0.4 is 4.74 Å². The molecule has 4 aromatic carbocycles. The molecule has 0 atom stereocenters. The molecule has 3 heterocycles. The Balaban J connectivity index is 0.00000464. The SMILES string of the molecule is [2H]C([2H])([2H])n1[cH+]n(-c2[c-]c(Oc3[c-]c4c(c(C(C)(C)C)c3)c3ccccc3n4-c3cc(C(C)(C)C)ccn3)cc(C(C)(C)C)c2)c2ccccc21.[Pt]. The summed E-state index contributed by atoms with van der Waals surface area (Å²) in [6, 6.07) is 33.6. The number of fused-ring (bicyclic) bond motifs is 4. The first-order valence-electron chi connectivity index (χ1n) is 18.1. The normalized spacial score (nSPS) is 13.7. The topological polar surface area (TPSA) is 36.9 Å². The van der Waals surface area contributed by atoms with Gasteiger partial charge in [-0.3, -0.25) is 0 Å². The van der Waals surface area contributed by atoms with E-state index in [-0.39, 0.29) is 37.3 Å². The Bertz CT molecular complexity index is 2450. The van der Waals surface area contributed by atoms with Crippen LogP contribution in [0, 0.1) is 12.1 Å². The number of para-hydroxylation sites is 3. The van der Waals surface area contributed by atoms with Gasteiger partial charge in [-0.05, 0) is 57.5 Å². The average Bonchev–Trinajstić information content (AvgIpc) is 3.60. The van der Waals surface area contributed by atoms with Gasteiger partial charge in [0.1, 0.15) is 5.82 Å². The first-order chi connectivity index (χ1) is 23.8. The zero-order valence-electron chi connectivity index (χ0n) is 32.7. The Hall–Kier alpha value is -4.21. The molecular formula is C43H45N4OPt-. The van der Waals surface area contributed by atoms with Gasteiger partial charge in [0.25, 0.3) is 0 Å². The zero-order valence-corrected chi connectivity index (χ0v) is 31.9. The van der Waals surface area contributed by atoms with Crippen molar-refractivity contribution in [3.8, 4) is 23.0 Å². The third-order valence-corrected chi connectivity index (χ3v) is 9.12. The van der Waals surface area contributed by atoms with Gasteiger partial charge in [0.2, 0.25) is 0 Å². The summed E-state index contributed by atoms with van der Waals surface area (Å²) in [5.74, 6) is 1.90. The Morgan fingerprint density at radius 2 is 1.37 bits per heavy atom. The molecule has 0 saturated heterocycles. The Morgan fingerprint density at radius 1 is 0.714 bits per heavy atom. The molecule has 7 rings (SSSR count). The fraction of sp³-hybridized carbons (Fsp3) is 0.302. The predicted octanol–water partition coefficient (Wildman–Crippen LogP) is 11.0. The molecule has 254 valence electrons. The smallest absolute Gasteiger partial charge is 0.188 e. The summed E-state index contributed by atoms with van der Waals surface area (Å²) in [5.41, 5.74) is 6.85. The Labute approximate surface area is 309 Å². The molecule has 0 fully saturated rings. The van der Waals surface area contributed by atoms with E-state index in [1.807, 2.05) is 41.1 Å². The average molecular weight is 832 g/mol. The second-order valence-electron chi connectivity index (χ2n) is 15.8. The summed E-state index contributed by atoms with van der Waals surface area (Å²) in [5, 5.41) is 2.25. The minimum atomic E-state index is -2.35. The van der Waals surface area contributed by atoms with Crippen molar-refractivity contribution in [3.05, 3.63) is 120 Å². The van der Waals surface area contributed by atoms with Crippen LogP contribution in [0.5, 0.6) is 11.5 Å². The molecule has 7 aromatic rings. The fourth-order valence-electron chi connectivity index (χ4n) is 6.45. The number of hydrogen-bond acceptors (Lipinski definition) is 2. The Morgan fingerprint density at radius 3 is 2.04 bits per heavy atom. The molecule has 5 nitrogen and oxygen atoms in total. The number of imidazole rings is 1. The molecule has 0 spiro atoms. The molecule has 0 aliphatic heterocycles. The molecule has 3 aromatic heterocycles. The number of pyridine rings is 1. The molecule has 0 aliphatic rings. The second-order valence-corrected chi connectivity index (χ2v) is 15.8. The monoisotopic (exact) mass is 831 g/mol. The minimum Gasteiger partial charge on any atom is -0.508 e. The maximum absolute atomic E-state index is 8.20. The molecule has 0 amide bonds. The van der Waals surface area contributed by atoms with Crippen LogP contribution in [-0.4, -0.2) is 18.7 Å². The van der Waals surface area contributed by atoms with Gasteiger partial charge in [-0.2, -0.15) is 0 Å². The van der Waals surface area contributed by atoms with Gasteiger partial charge in [-0.25, -0.2) is 14.1 Å². The number of ether oxygens (including phenoxy) is 1. The molecule has 6 heteroatoms. The molecule has 49 heavy (non-hydrogen) atoms. The molecule has 0 unspecified atom stereocenters. The van der Waals surface area contributed by atoms with Crippen LogP contribution in [0.1, 0.15) is 83.1 Å². The number of aromatic nitrogens is 4. The van der Waals surface area contributed by atoms with Gasteiger partial charge in [0.15, 0.2) is 17.4 Å². The van der Waals surface area contributed by atoms with Crippen LogP contribution in [0.15, 0.2) is 91.4 Å². The van der Waals surface area contributed by atoms with E-state index in [9.17, 15) is 0 Å². The van der Waals surface area contributed by atoms with Gasteiger partial charge in [-0.1, -0.05) is 104 Å². The zero-order chi connectivity index (χ0) is 36.7. The second kappa shape index (κ2) is 12.3. The predicted molar refractivity (Wildman–Crippen MR) is 199 cm³/mol. The summed E-state index contributed by atoms with van der Waals surface area (Å²) in [7, 11) is 0. The van der Waals surface area contributed by atoms with E-state index in [0.29, 0.717) is 22.7 Å². The molecule has 0 N–H and O–H groups in total. The van der Waals surface area contributed by atoms with E-state index < -0.39 is 6.98 Å². The van der Waals surface area contributed by atoms with Crippen LogP contribution in [0.4, 0.5) is 0 Å². The van der Waals surface area contributed by atoms with Crippen molar-refractivity contribution in [1.82, 2.24) is 18.7 Å². The largest absolute Gasteiger partial charge is 0.508 e. The number of benzene rings is 4. The van der Waals surface area contributed by atoms with Gasteiger partial charge in [-0.15, -0.1) is 29.3 Å². The van der Waals surface area contributed by atoms with E-state index in [1.54, 1.807) is 6.33 Å². The third kappa shape index (κ3) is 6.34. The Kier molecular flexibility index (Phi) is 7.73. The van der Waals surface area contributed by atoms with Crippen LogP contribution >= 0.6 is 0 Å². The third-order valence-electron chi connectivity index (χ3n) is 9.12. The number of nitrogens with zero attached hydrogens (tertiary/aromatic N) is 4. The van der Waals surface area contributed by atoms with Gasteiger partial charge in [0.05, 0.1) is 0 Å². The van der Waals surface area contributed by atoms with Crippen LogP contribution in [0.3, 0.4) is 0 Å². The van der Waals surface area contributed by atoms with Crippen molar-refractivity contribution in [1.29, 1.82) is 0 Å². The summed E-state index contributed by atoms with van der Waals surface area (Å²) < 4.78 is 36.8. The van der Waals surface area contributed by atoms with Crippen molar-refractivity contribution >= 4 is 32.8 Å². The van der Waals surface area contributed by atoms with Crippen molar-refractivity contribution < 1.29 is 29.9 Å². The summed E-state index contributed by atoms with van der Waals surface area (Å²) in [6.45, 7) is 17.4. The first kappa shape index (κ1) is 30.8. The van der Waals surface area contributed by atoms with Crippen LogP contribution in [-0.2, 0) is 44.3 Å². The summed E-state index contributed by atoms with van der Waals surface area (Å²) in [6.07, 6.45) is 3.52. The van der Waals surface area contributed by atoms with Crippen molar-refractivity contribution in [2.75, 3.05) is 0 Å². The van der Waals surface area contributed by atoms with E-state index >= 15 is 0 Å². The van der Waals surface area contributed by atoms with E-state index in [2.05, 4.69) is 128 Å². The van der Waals surface area contributed by atoms with E-state index in [4.69, 9.17) is 13.8 Å². The molecule has 0 radical (unpaired) electrons. The molecular weight excluding hydrogens is 784 g/mol. The van der Waals surface area contributed by atoms with Crippen LogP contribution in [0.25, 0.3) is 44.3 Å². The fourth-order valence-corrected chi connectivity index (χ4v) is 6.45. The minimum absolute atomic E-state index is 0. The van der Waals surface area contributed by atoms with E-state index in [1.165, 1.54) is 10.1 Å². The van der Waals surface area contributed by atoms with Crippen molar-refractivity contribution in [2.45, 2.75) is 78.6 Å². The van der Waals surface area contributed by atoms with Crippen molar-refractivity contribution in [3.63, 3.8) is 0 Å². The van der Waals surface area contributed by atoms with Gasteiger partial charge < -0.3 is 9.30 Å². The maximum atomic E-state index is 8.20. The van der Waals surface area contributed by atoms with Crippen molar-refractivity contribution in [2.24, 2.45) is 6.98 Å². The van der Waals surface area contributed by atoms with Crippen LogP contribution in [0.2, 0.25) is 0 Å². The number of rotatable bonds is 4. The molecule has 0 bridgehead atoms. The van der Waals surface area contributed by atoms with Gasteiger partial charge >= 0.3 is 0 Å². The molecule has 0 saturated carbocycles. The summed E-state index contributed by atoms with van der Waals surface area (Å²) in [4.78, 5) is 4.88. The number of aryl methyl sites for hydroxylation is 1. The quantitative estimate of drug-likeness (QED) is 0.166. The molecule has 0 aliphatic carbocycles. The summed E-state index contributed by atoms with van der Waals surface area (Å²) >= 11 is 0.